The first-order chi connectivity index (χ1) is 21.9. The average Bonchev–Trinajstić information content (AvgIpc) is 3.80. The van der Waals surface area contributed by atoms with Crippen molar-refractivity contribution in [3.8, 4) is 39.8 Å². The van der Waals surface area contributed by atoms with Gasteiger partial charge in [-0.15, -0.1) is 0 Å². The number of halogens is 1. The van der Waals surface area contributed by atoms with Gasteiger partial charge in [0.1, 0.15) is 29.2 Å². The number of likely N-dealkylation sites (N-methyl/N-ethyl adjacent to an activating group) is 1. The predicted molar refractivity (Wildman–Crippen MR) is 172 cm³/mol. The normalized spacial score (nSPS) is 14.6. The van der Waals surface area contributed by atoms with Crippen LogP contribution in [0.1, 0.15) is 24.4 Å². The standard InChI is InChI=1S/C33H35FN10O/c1-43(2)19-25(35)20-13-21(15-23(34)14-20)29-30-27(7-8-37-29)39-33(40-30)32-31-28(41-42-32)6-5-26(38-31)22-16-24(18-36-17-22)45-12-11-44-9-3-4-10-44/h5-8,13-18,25H,3-4,9-12,19,35H2,1-2H3,(H,39,40)(H,41,42). The molecule has 1 atom stereocenters. The topological polar surface area (TPSA) is 138 Å². The van der Waals surface area contributed by atoms with Crippen LogP contribution in [0.15, 0.2) is 61.1 Å². The summed E-state index contributed by atoms with van der Waals surface area (Å²) < 4.78 is 20.8. The van der Waals surface area contributed by atoms with E-state index in [0.717, 1.165) is 41.9 Å². The molecule has 1 unspecified atom stereocenters. The number of H-pyrrole nitrogens is 2. The van der Waals surface area contributed by atoms with Crippen LogP contribution in [0.3, 0.4) is 0 Å². The van der Waals surface area contributed by atoms with Crippen molar-refractivity contribution in [1.29, 1.82) is 0 Å². The van der Waals surface area contributed by atoms with E-state index in [4.69, 9.17) is 20.4 Å². The molecule has 45 heavy (non-hydrogen) atoms. The molecule has 1 fully saturated rings. The Hall–Kier alpha value is -4.78. The highest BCUT2D eigenvalue weighted by molar-refractivity contribution is 5.95. The lowest BCUT2D eigenvalue weighted by Gasteiger charge is -2.18. The van der Waals surface area contributed by atoms with Gasteiger partial charge in [-0.1, -0.05) is 0 Å². The summed E-state index contributed by atoms with van der Waals surface area (Å²) in [6, 6.07) is 12.1. The first-order valence-electron chi connectivity index (χ1n) is 15.1. The number of nitrogens with zero attached hydrogens (tertiary/aromatic N) is 7. The van der Waals surface area contributed by atoms with Gasteiger partial charge in [0.2, 0.25) is 0 Å². The molecule has 0 bridgehead atoms. The fourth-order valence-corrected chi connectivity index (χ4v) is 5.88. The Morgan fingerprint density at radius 3 is 2.67 bits per heavy atom. The van der Waals surface area contributed by atoms with Gasteiger partial charge in [0.25, 0.3) is 0 Å². The number of aromatic nitrogens is 7. The molecule has 1 aromatic carbocycles. The van der Waals surface area contributed by atoms with Gasteiger partial charge in [-0.2, -0.15) is 5.10 Å². The van der Waals surface area contributed by atoms with E-state index in [1.54, 1.807) is 18.6 Å². The van der Waals surface area contributed by atoms with Gasteiger partial charge in [-0.25, -0.2) is 14.4 Å². The number of rotatable bonds is 10. The predicted octanol–water partition coefficient (Wildman–Crippen LogP) is 4.80. The van der Waals surface area contributed by atoms with Gasteiger partial charge in [-0.05, 0) is 88.1 Å². The maximum absolute atomic E-state index is 14.8. The van der Waals surface area contributed by atoms with Crippen LogP contribution in [0, 0.1) is 5.82 Å². The number of ether oxygens (including phenoxy) is 1. The third-order valence-electron chi connectivity index (χ3n) is 8.10. The highest BCUT2D eigenvalue weighted by Crippen LogP contribution is 2.32. The minimum absolute atomic E-state index is 0.350. The fourth-order valence-electron chi connectivity index (χ4n) is 5.88. The van der Waals surface area contributed by atoms with E-state index < -0.39 is 0 Å². The number of aromatic amines is 2. The van der Waals surface area contributed by atoms with E-state index in [9.17, 15) is 4.39 Å². The molecule has 6 heterocycles. The number of hydrogen-bond donors (Lipinski definition) is 3. The van der Waals surface area contributed by atoms with Crippen LogP contribution in [0.4, 0.5) is 4.39 Å². The summed E-state index contributed by atoms with van der Waals surface area (Å²) in [4.78, 5) is 26.5. The molecule has 0 aliphatic carbocycles. The Morgan fingerprint density at radius 2 is 1.82 bits per heavy atom. The third kappa shape index (κ3) is 6.12. The summed E-state index contributed by atoms with van der Waals surface area (Å²) in [5.41, 5.74) is 13.1. The zero-order chi connectivity index (χ0) is 30.9. The van der Waals surface area contributed by atoms with Gasteiger partial charge in [0.15, 0.2) is 11.5 Å². The summed E-state index contributed by atoms with van der Waals surface area (Å²) in [7, 11) is 3.87. The van der Waals surface area contributed by atoms with Crippen LogP contribution in [0.25, 0.3) is 56.1 Å². The lowest BCUT2D eigenvalue weighted by Crippen LogP contribution is -2.26. The van der Waals surface area contributed by atoms with E-state index in [-0.39, 0.29) is 11.9 Å². The maximum atomic E-state index is 14.8. The molecule has 1 saturated heterocycles. The van der Waals surface area contributed by atoms with Crippen molar-refractivity contribution in [3.63, 3.8) is 0 Å². The quantitative estimate of drug-likeness (QED) is 0.201. The van der Waals surface area contributed by atoms with Gasteiger partial charge in [0, 0.05) is 42.7 Å². The summed E-state index contributed by atoms with van der Waals surface area (Å²) in [5.74, 6) is 0.853. The van der Waals surface area contributed by atoms with E-state index in [0.29, 0.717) is 58.3 Å². The number of likely N-dealkylation sites (tertiary alicyclic amines) is 1. The van der Waals surface area contributed by atoms with E-state index >= 15 is 0 Å². The largest absolute Gasteiger partial charge is 0.491 e. The SMILES string of the molecule is CN(C)CC(N)c1cc(F)cc(-c2nccc3[nH]c(-c4n[nH]c5ccc(-c6cncc(OCCN7CCCC7)c6)nc45)nc23)c1. The highest BCUT2D eigenvalue weighted by Gasteiger charge is 2.19. The molecule has 0 saturated carbocycles. The average molecular weight is 607 g/mol. The molecule has 7 rings (SSSR count). The number of nitrogens with two attached hydrogens (primary N) is 1. The second-order valence-electron chi connectivity index (χ2n) is 11.8. The van der Waals surface area contributed by atoms with Gasteiger partial charge >= 0.3 is 0 Å². The second kappa shape index (κ2) is 12.3. The number of fused-ring (bicyclic) bond motifs is 2. The van der Waals surface area contributed by atoms with Crippen LogP contribution in [-0.2, 0) is 0 Å². The molecule has 230 valence electrons. The lowest BCUT2D eigenvalue weighted by atomic mass is 10.0. The fraction of sp³-hybridized carbons (Fsp3) is 0.303. The summed E-state index contributed by atoms with van der Waals surface area (Å²) in [6.07, 6.45) is 7.70. The zero-order valence-corrected chi connectivity index (χ0v) is 25.3. The molecule has 5 aromatic heterocycles. The molecule has 4 N–H and O–H groups in total. The molecule has 11 nitrogen and oxygen atoms in total. The number of benzene rings is 1. The lowest BCUT2D eigenvalue weighted by molar-refractivity contribution is 0.237. The number of imidazole rings is 1. The first-order valence-corrected chi connectivity index (χ1v) is 15.1. The third-order valence-corrected chi connectivity index (χ3v) is 8.10. The van der Waals surface area contributed by atoms with E-state index in [1.807, 2.05) is 49.3 Å². The Morgan fingerprint density at radius 1 is 0.978 bits per heavy atom. The van der Waals surface area contributed by atoms with Crippen molar-refractivity contribution in [2.45, 2.75) is 18.9 Å². The van der Waals surface area contributed by atoms with E-state index in [2.05, 4.69) is 30.0 Å². The molecule has 6 aromatic rings. The Labute approximate surface area is 259 Å². The number of pyridine rings is 3. The van der Waals surface area contributed by atoms with Crippen molar-refractivity contribution < 1.29 is 9.13 Å². The van der Waals surface area contributed by atoms with Gasteiger partial charge < -0.3 is 20.4 Å². The summed E-state index contributed by atoms with van der Waals surface area (Å²) in [6.45, 7) is 4.39. The molecular weight excluding hydrogens is 571 g/mol. The summed E-state index contributed by atoms with van der Waals surface area (Å²) >= 11 is 0. The first kappa shape index (κ1) is 29.0. The van der Waals surface area contributed by atoms with Crippen molar-refractivity contribution in [2.75, 3.05) is 46.9 Å². The molecule has 0 radical (unpaired) electrons. The minimum atomic E-state index is -0.378. The van der Waals surface area contributed by atoms with Crippen LogP contribution in [0.5, 0.6) is 5.75 Å². The van der Waals surface area contributed by atoms with Crippen molar-refractivity contribution in [2.24, 2.45) is 5.73 Å². The molecule has 1 aliphatic rings. The van der Waals surface area contributed by atoms with Crippen LogP contribution < -0.4 is 10.5 Å². The van der Waals surface area contributed by atoms with Crippen molar-refractivity contribution >= 4 is 22.1 Å². The van der Waals surface area contributed by atoms with Crippen LogP contribution in [-0.4, -0.2) is 91.8 Å². The maximum Gasteiger partial charge on any atom is 0.161 e. The van der Waals surface area contributed by atoms with Gasteiger partial charge in [0.05, 0.1) is 28.6 Å². The summed E-state index contributed by atoms with van der Waals surface area (Å²) in [5, 5.41) is 7.61. The highest BCUT2D eigenvalue weighted by atomic mass is 19.1. The van der Waals surface area contributed by atoms with Crippen LogP contribution in [0.2, 0.25) is 0 Å². The molecular formula is C33H35FN10O. The molecule has 1 aliphatic heterocycles. The van der Waals surface area contributed by atoms with Crippen molar-refractivity contribution in [3.05, 3.63) is 72.4 Å². The Balaban J connectivity index is 1.19. The Bertz CT molecular complexity index is 1960. The second-order valence-corrected chi connectivity index (χ2v) is 11.8. The number of hydrogen-bond acceptors (Lipinski definition) is 9. The van der Waals surface area contributed by atoms with Crippen molar-refractivity contribution in [1.82, 2.24) is 44.9 Å². The van der Waals surface area contributed by atoms with Crippen LogP contribution >= 0.6 is 0 Å². The molecule has 12 heteroatoms. The smallest absolute Gasteiger partial charge is 0.161 e. The molecule has 0 amide bonds. The van der Waals surface area contributed by atoms with Gasteiger partial charge in [-0.3, -0.25) is 20.0 Å². The zero-order valence-electron chi connectivity index (χ0n) is 25.3. The Kier molecular flexibility index (Phi) is 7.92. The van der Waals surface area contributed by atoms with E-state index in [1.165, 1.54) is 25.0 Å². The minimum Gasteiger partial charge on any atom is -0.491 e. The number of nitrogens with one attached hydrogen (secondary N) is 2. The monoisotopic (exact) mass is 606 g/mol. The molecule has 0 spiro atoms.